The van der Waals surface area contributed by atoms with Gasteiger partial charge >= 0.3 is 0 Å². The third-order valence-corrected chi connectivity index (χ3v) is 9.61. The van der Waals surface area contributed by atoms with E-state index in [2.05, 4.69) is 29.4 Å². The van der Waals surface area contributed by atoms with Gasteiger partial charge in [-0.3, -0.25) is 9.78 Å². The lowest BCUT2D eigenvalue weighted by Gasteiger charge is -2.60. The van der Waals surface area contributed by atoms with Gasteiger partial charge in [0.2, 0.25) is 0 Å². The lowest BCUT2D eigenvalue weighted by atomic mass is 9.45. The summed E-state index contributed by atoms with van der Waals surface area (Å²) in [6, 6.07) is 3.44. The van der Waals surface area contributed by atoms with E-state index in [4.69, 9.17) is 0 Å². The van der Waals surface area contributed by atoms with Gasteiger partial charge in [0.15, 0.2) is 0 Å². The number of aromatic nitrogens is 1. The van der Waals surface area contributed by atoms with Gasteiger partial charge in [-0.2, -0.15) is 5.10 Å². The fourth-order valence-electron chi connectivity index (χ4n) is 7.89. The third kappa shape index (κ3) is 3.12. The van der Waals surface area contributed by atoms with E-state index in [0.29, 0.717) is 22.8 Å². The maximum absolute atomic E-state index is 12.5. The number of aliphatic hydroxyl groups excluding tert-OH is 1. The normalized spacial score (nSPS) is 44.1. The molecule has 4 fully saturated rings. The van der Waals surface area contributed by atoms with Crippen LogP contribution in [-0.4, -0.2) is 27.8 Å². The van der Waals surface area contributed by atoms with Crippen molar-refractivity contribution in [3.8, 4) is 0 Å². The first-order valence-electron chi connectivity index (χ1n) is 11.9. The molecule has 1 aromatic rings. The zero-order valence-corrected chi connectivity index (χ0v) is 18.3. The lowest BCUT2D eigenvalue weighted by molar-refractivity contribution is -0.113. The summed E-state index contributed by atoms with van der Waals surface area (Å²) in [6.07, 6.45) is 13.6. The predicted molar refractivity (Wildman–Crippen MR) is 117 cm³/mol. The predicted octanol–water partition coefficient (Wildman–Crippen LogP) is 4.57. The van der Waals surface area contributed by atoms with Gasteiger partial charge in [-0.1, -0.05) is 13.8 Å². The lowest BCUT2D eigenvalue weighted by Crippen LogP contribution is -2.54. The average molecular weight is 410 g/mol. The van der Waals surface area contributed by atoms with Gasteiger partial charge in [-0.05, 0) is 99.0 Å². The summed E-state index contributed by atoms with van der Waals surface area (Å²) in [5.74, 6) is 2.77. The fourth-order valence-corrected chi connectivity index (χ4v) is 7.89. The molecule has 4 aliphatic rings. The Labute approximate surface area is 179 Å². The smallest absolute Gasteiger partial charge is 0.271 e. The molecule has 1 heterocycles. The van der Waals surface area contributed by atoms with Crippen molar-refractivity contribution < 1.29 is 9.90 Å². The average Bonchev–Trinajstić information content (AvgIpc) is 3.09. The summed E-state index contributed by atoms with van der Waals surface area (Å²) in [5.41, 5.74) is 5.13. The number of nitrogens with one attached hydrogen (secondary N) is 1. The SMILES string of the molecule is C[C@]12CC[C@H](O)C[C@@H]1CC[C@@H]1[C@H]3CCC(=NNC(=O)c4ccncc4)[C@@]3(C)CC[C@@H]12. The number of carbonyl (C=O) groups is 1. The molecule has 4 aliphatic carbocycles. The summed E-state index contributed by atoms with van der Waals surface area (Å²) in [6.45, 7) is 4.93. The Hall–Kier alpha value is -1.75. The molecule has 30 heavy (non-hydrogen) atoms. The van der Waals surface area contributed by atoms with Crippen LogP contribution in [0.15, 0.2) is 29.6 Å². The first-order chi connectivity index (χ1) is 14.4. The number of hydrogen-bond donors (Lipinski definition) is 2. The van der Waals surface area contributed by atoms with Crippen LogP contribution in [0.3, 0.4) is 0 Å². The molecule has 162 valence electrons. The number of carbonyl (C=O) groups excluding carboxylic acids is 1. The second-order valence-corrected chi connectivity index (χ2v) is 10.8. The molecule has 2 N–H and O–H groups in total. The molecule has 5 nitrogen and oxygen atoms in total. The minimum absolute atomic E-state index is 0.0808. The highest BCUT2D eigenvalue weighted by molar-refractivity contribution is 5.97. The zero-order chi connectivity index (χ0) is 20.9. The number of rotatable bonds is 2. The van der Waals surface area contributed by atoms with Crippen LogP contribution in [0.1, 0.15) is 82.0 Å². The fraction of sp³-hybridized carbons (Fsp3) is 0.720. The van der Waals surface area contributed by atoms with E-state index < -0.39 is 0 Å². The third-order valence-electron chi connectivity index (χ3n) is 9.61. The number of nitrogens with zero attached hydrogens (tertiary/aromatic N) is 2. The number of aliphatic hydroxyl groups is 1. The monoisotopic (exact) mass is 409 g/mol. The molecular weight excluding hydrogens is 374 g/mol. The molecule has 1 aromatic heterocycles. The topological polar surface area (TPSA) is 74.6 Å². The summed E-state index contributed by atoms with van der Waals surface area (Å²) in [7, 11) is 0. The number of hydrogen-bond acceptors (Lipinski definition) is 4. The molecule has 0 bridgehead atoms. The Kier molecular flexibility index (Phi) is 5.00. The number of amides is 1. The summed E-state index contributed by atoms with van der Waals surface area (Å²) >= 11 is 0. The van der Waals surface area contributed by atoms with Crippen molar-refractivity contribution in [3.63, 3.8) is 0 Å². The molecule has 7 atom stereocenters. The summed E-state index contributed by atoms with van der Waals surface area (Å²) < 4.78 is 0. The minimum Gasteiger partial charge on any atom is -0.393 e. The van der Waals surface area contributed by atoms with E-state index >= 15 is 0 Å². The largest absolute Gasteiger partial charge is 0.393 e. The first kappa shape index (κ1) is 20.2. The minimum atomic E-state index is -0.153. The van der Waals surface area contributed by atoms with Gasteiger partial charge < -0.3 is 5.11 Å². The van der Waals surface area contributed by atoms with Crippen LogP contribution < -0.4 is 5.43 Å². The van der Waals surface area contributed by atoms with Gasteiger partial charge in [0.1, 0.15) is 0 Å². The molecule has 0 aromatic carbocycles. The molecule has 0 unspecified atom stereocenters. The standard InChI is InChI=1S/C25H35N3O2/c1-24-11-7-18(29)15-17(24)3-4-19-20-5-6-22(25(20,2)12-8-21(19)24)27-28-23(30)16-9-13-26-14-10-16/h9-10,13-14,17-21,29H,3-8,11-12,15H2,1-2H3,(H,28,30)/t17-,18-,19+,20+,21-,24-,25-/m0/s1. The Morgan fingerprint density at radius 2 is 1.90 bits per heavy atom. The van der Waals surface area contributed by atoms with Crippen LogP contribution in [0.4, 0.5) is 0 Å². The Balaban J connectivity index is 1.33. The van der Waals surface area contributed by atoms with Crippen molar-refractivity contribution in [1.29, 1.82) is 0 Å². The molecular formula is C25H35N3O2. The maximum Gasteiger partial charge on any atom is 0.271 e. The number of hydrazone groups is 1. The van der Waals surface area contributed by atoms with Crippen molar-refractivity contribution in [2.45, 2.75) is 77.7 Å². The number of fused-ring (bicyclic) bond motifs is 5. The van der Waals surface area contributed by atoms with Crippen molar-refractivity contribution in [1.82, 2.24) is 10.4 Å². The van der Waals surface area contributed by atoms with Gasteiger partial charge in [0, 0.05) is 29.1 Å². The molecule has 0 radical (unpaired) electrons. The number of pyridine rings is 1. The highest BCUT2D eigenvalue weighted by atomic mass is 16.3. The van der Waals surface area contributed by atoms with E-state index in [1.165, 1.54) is 44.2 Å². The second kappa shape index (κ2) is 7.44. The Morgan fingerprint density at radius 1 is 1.10 bits per heavy atom. The van der Waals surface area contributed by atoms with Gasteiger partial charge in [0.25, 0.3) is 5.91 Å². The quantitative estimate of drug-likeness (QED) is 0.703. The van der Waals surface area contributed by atoms with E-state index in [0.717, 1.165) is 31.1 Å². The molecule has 4 saturated carbocycles. The maximum atomic E-state index is 12.5. The van der Waals surface area contributed by atoms with Crippen molar-refractivity contribution in [2.75, 3.05) is 0 Å². The molecule has 0 spiro atoms. The molecule has 0 aliphatic heterocycles. The van der Waals surface area contributed by atoms with Gasteiger partial charge in [-0.15, -0.1) is 0 Å². The summed E-state index contributed by atoms with van der Waals surface area (Å²) in [5, 5.41) is 14.9. The van der Waals surface area contributed by atoms with Crippen LogP contribution in [0.5, 0.6) is 0 Å². The molecule has 1 amide bonds. The van der Waals surface area contributed by atoms with Crippen LogP contribution in [-0.2, 0) is 0 Å². The van der Waals surface area contributed by atoms with Gasteiger partial charge in [0.05, 0.1) is 6.10 Å². The van der Waals surface area contributed by atoms with Crippen LogP contribution in [0.2, 0.25) is 0 Å². The second-order valence-electron chi connectivity index (χ2n) is 10.8. The first-order valence-corrected chi connectivity index (χ1v) is 11.9. The van der Waals surface area contributed by atoms with Crippen molar-refractivity contribution in [2.24, 2.45) is 39.6 Å². The van der Waals surface area contributed by atoms with E-state index in [9.17, 15) is 9.90 Å². The van der Waals surface area contributed by atoms with Gasteiger partial charge in [-0.25, -0.2) is 5.43 Å². The van der Waals surface area contributed by atoms with Crippen LogP contribution in [0, 0.1) is 34.5 Å². The zero-order valence-electron chi connectivity index (χ0n) is 18.3. The Bertz CT molecular complexity index is 840. The van der Waals surface area contributed by atoms with E-state index in [1.54, 1.807) is 24.5 Å². The van der Waals surface area contributed by atoms with Crippen molar-refractivity contribution >= 4 is 11.6 Å². The van der Waals surface area contributed by atoms with Crippen LogP contribution in [0.25, 0.3) is 0 Å². The summed E-state index contributed by atoms with van der Waals surface area (Å²) in [4.78, 5) is 16.4. The van der Waals surface area contributed by atoms with Crippen molar-refractivity contribution in [3.05, 3.63) is 30.1 Å². The Morgan fingerprint density at radius 3 is 2.70 bits per heavy atom. The van der Waals surface area contributed by atoms with E-state index in [-0.39, 0.29) is 17.4 Å². The molecule has 0 saturated heterocycles. The highest BCUT2D eigenvalue weighted by Crippen LogP contribution is 2.65. The molecule has 5 rings (SSSR count). The highest BCUT2D eigenvalue weighted by Gasteiger charge is 2.59. The van der Waals surface area contributed by atoms with E-state index in [1.807, 2.05) is 0 Å². The van der Waals surface area contributed by atoms with Crippen LogP contribution >= 0.6 is 0 Å². The molecule has 5 heteroatoms.